The fourth-order valence-electron chi connectivity index (χ4n) is 2.95. The van der Waals surface area contributed by atoms with Gasteiger partial charge >= 0.3 is 0 Å². The molecule has 2 aliphatic rings. The highest BCUT2D eigenvalue weighted by Gasteiger charge is 2.39. The summed E-state index contributed by atoms with van der Waals surface area (Å²) in [5.74, 6) is -0.374. The zero-order chi connectivity index (χ0) is 15.6. The first-order valence-electron chi connectivity index (χ1n) is 7.63. The highest BCUT2D eigenvalue weighted by molar-refractivity contribution is 9.10. The number of piperidine rings is 1. The van der Waals surface area contributed by atoms with Gasteiger partial charge in [0.25, 0.3) is 0 Å². The fourth-order valence-corrected chi connectivity index (χ4v) is 3.54. The van der Waals surface area contributed by atoms with Crippen molar-refractivity contribution in [2.24, 2.45) is 0 Å². The Kier molecular flexibility index (Phi) is 4.82. The van der Waals surface area contributed by atoms with Crippen molar-refractivity contribution >= 4 is 27.5 Å². The lowest BCUT2D eigenvalue weighted by Crippen LogP contribution is -2.47. The molecule has 5 nitrogen and oxygen atoms in total. The van der Waals surface area contributed by atoms with Gasteiger partial charge in [0.2, 0.25) is 5.91 Å². The van der Waals surface area contributed by atoms with Crippen molar-refractivity contribution in [2.75, 3.05) is 38.2 Å². The van der Waals surface area contributed by atoms with Crippen molar-refractivity contribution in [1.82, 2.24) is 4.90 Å². The SMILES string of the molecule is Cc1ccc(NC(=O)CN2CCC3(CC2)OCCO3)c(Br)c1. The Bertz CT molecular complexity index is 548. The van der Waals surface area contributed by atoms with Gasteiger partial charge < -0.3 is 14.8 Å². The Balaban J connectivity index is 1.50. The van der Waals surface area contributed by atoms with Crippen LogP contribution in [0.2, 0.25) is 0 Å². The summed E-state index contributed by atoms with van der Waals surface area (Å²) in [6.07, 6.45) is 1.66. The second kappa shape index (κ2) is 6.66. The van der Waals surface area contributed by atoms with Crippen molar-refractivity contribution in [1.29, 1.82) is 0 Å². The molecule has 0 aliphatic carbocycles. The predicted molar refractivity (Wildman–Crippen MR) is 87.8 cm³/mol. The molecule has 22 heavy (non-hydrogen) atoms. The van der Waals surface area contributed by atoms with Gasteiger partial charge in [0.05, 0.1) is 25.4 Å². The molecule has 2 aliphatic heterocycles. The topological polar surface area (TPSA) is 50.8 Å². The molecule has 2 saturated heterocycles. The summed E-state index contributed by atoms with van der Waals surface area (Å²) in [4.78, 5) is 14.3. The lowest BCUT2D eigenvalue weighted by molar-refractivity contribution is -0.185. The zero-order valence-electron chi connectivity index (χ0n) is 12.7. The van der Waals surface area contributed by atoms with Crippen LogP contribution in [0.25, 0.3) is 0 Å². The third-order valence-corrected chi connectivity index (χ3v) is 4.85. The molecule has 0 saturated carbocycles. The molecule has 0 unspecified atom stereocenters. The number of carbonyl (C=O) groups is 1. The molecule has 120 valence electrons. The molecule has 0 atom stereocenters. The minimum absolute atomic E-state index is 0.00811. The molecular weight excluding hydrogens is 348 g/mol. The number of halogens is 1. The van der Waals surface area contributed by atoms with E-state index in [9.17, 15) is 4.79 Å². The van der Waals surface area contributed by atoms with Crippen molar-refractivity contribution in [3.8, 4) is 0 Å². The summed E-state index contributed by atoms with van der Waals surface area (Å²) in [7, 11) is 0. The summed E-state index contributed by atoms with van der Waals surface area (Å²) in [6, 6.07) is 5.90. The van der Waals surface area contributed by atoms with Gasteiger partial charge in [-0.15, -0.1) is 0 Å². The lowest BCUT2D eigenvalue weighted by Gasteiger charge is -2.37. The number of likely N-dealkylation sites (tertiary alicyclic amines) is 1. The largest absolute Gasteiger partial charge is 0.347 e. The second-order valence-electron chi connectivity index (χ2n) is 5.92. The maximum Gasteiger partial charge on any atom is 0.238 e. The molecule has 0 bridgehead atoms. The normalized spacial score (nSPS) is 21.2. The molecule has 3 rings (SSSR count). The zero-order valence-corrected chi connectivity index (χ0v) is 14.3. The molecule has 0 aromatic heterocycles. The number of hydrogen-bond donors (Lipinski definition) is 1. The Morgan fingerprint density at radius 1 is 1.32 bits per heavy atom. The number of benzene rings is 1. The Morgan fingerprint density at radius 2 is 2.00 bits per heavy atom. The Morgan fingerprint density at radius 3 is 2.64 bits per heavy atom. The maximum atomic E-state index is 12.2. The molecule has 1 N–H and O–H groups in total. The van der Waals surface area contributed by atoms with Crippen LogP contribution in [0.5, 0.6) is 0 Å². The number of carbonyl (C=O) groups excluding carboxylic acids is 1. The lowest BCUT2D eigenvalue weighted by atomic mass is 10.0. The quantitative estimate of drug-likeness (QED) is 0.890. The van der Waals surface area contributed by atoms with Crippen LogP contribution >= 0.6 is 15.9 Å². The van der Waals surface area contributed by atoms with Crippen molar-refractivity contribution in [3.63, 3.8) is 0 Å². The van der Waals surface area contributed by atoms with Gasteiger partial charge in [-0.3, -0.25) is 9.69 Å². The molecule has 2 heterocycles. The van der Waals surface area contributed by atoms with E-state index in [-0.39, 0.29) is 11.7 Å². The number of nitrogens with one attached hydrogen (secondary N) is 1. The van der Waals surface area contributed by atoms with E-state index >= 15 is 0 Å². The summed E-state index contributed by atoms with van der Waals surface area (Å²) in [6.45, 7) is 5.43. The van der Waals surface area contributed by atoms with Gasteiger partial charge in [-0.1, -0.05) is 6.07 Å². The first-order valence-corrected chi connectivity index (χ1v) is 8.42. The highest BCUT2D eigenvalue weighted by atomic mass is 79.9. The molecular formula is C16H21BrN2O3. The number of anilines is 1. The summed E-state index contributed by atoms with van der Waals surface area (Å²) in [5, 5.41) is 2.96. The van der Waals surface area contributed by atoms with E-state index in [1.807, 2.05) is 25.1 Å². The standard InChI is InChI=1S/C16H21BrN2O3/c1-12-2-3-14(13(17)10-12)18-15(20)11-19-6-4-16(5-7-19)21-8-9-22-16/h2-3,10H,4-9,11H2,1H3,(H,18,20). The van der Waals surface area contributed by atoms with Crippen LogP contribution < -0.4 is 5.32 Å². The predicted octanol–water partition coefficient (Wildman–Crippen LogP) is 2.53. The number of amides is 1. The highest BCUT2D eigenvalue weighted by Crippen LogP contribution is 2.31. The Hall–Kier alpha value is -0.950. The minimum Gasteiger partial charge on any atom is -0.347 e. The van der Waals surface area contributed by atoms with Crippen LogP contribution in [0.3, 0.4) is 0 Å². The maximum absolute atomic E-state index is 12.2. The van der Waals surface area contributed by atoms with Gasteiger partial charge in [-0.2, -0.15) is 0 Å². The second-order valence-corrected chi connectivity index (χ2v) is 6.77. The first kappa shape index (κ1) is 15.9. The average molecular weight is 369 g/mol. The van der Waals surface area contributed by atoms with Crippen molar-refractivity contribution in [3.05, 3.63) is 28.2 Å². The molecule has 1 aromatic rings. The van der Waals surface area contributed by atoms with Gasteiger partial charge in [0.1, 0.15) is 0 Å². The van der Waals surface area contributed by atoms with Crippen molar-refractivity contribution in [2.45, 2.75) is 25.6 Å². The van der Waals surface area contributed by atoms with E-state index in [0.717, 1.165) is 41.7 Å². The smallest absolute Gasteiger partial charge is 0.238 e. The van der Waals surface area contributed by atoms with E-state index in [0.29, 0.717) is 19.8 Å². The van der Waals surface area contributed by atoms with Crippen LogP contribution in [0.4, 0.5) is 5.69 Å². The fraction of sp³-hybridized carbons (Fsp3) is 0.562. The third kappa shape index (κ3) is 3.68. The van der Waals surface area contributed by atoms with Crippen LogP contribution in [0.1, 0.15) is 18.4 Å². The van der Waals surface area contributed by atoms with E-state index in [4.69, 9.17) is 9.47 Å². The summed E-state index contributed by atoms with van der Waals surface area (Å²) in [5.41, 5.74) is 1.97. The number of hydrogen-bond acceptors (Lipinski definition) is 4. The Labute approximate surface area is 139 Å². The van der Waals surface area contributed by atoms with Crippen LogP contribution in [0, 0.1) is 6.92 Å². The van der Waals surface area contributed by atoms with Gasteiger partial charge in [0.15, 0.2) is 5.79 Å². The summed E-state index contributed by atoms with van der Waals surface area (Å²) < 4.78 is 12.3. The van der Waals surface area contributed by atoms with Gasteiger partial charge in [-0.25, -0.2) is 0 Å². The average Bonchev–Trinajstić information content (AvgIpc) is 2.93. The molecule has 1 spiro atoms. The third-order valence-electron chi connectivity index (χ3n) is 4.20. The van der Waals surface area contributed by atoms with Crippen LogP contribution in [-0.4, -0.2) is 49.4 Å². The van der Waals surface area contributed by atoms with Crippen molar-refractivity contribution < 1.29 is 14.3 Å². The number of aryl methyl sites for hydroxylation is 1. The van der Waals surface area contributed by atoms with E-state index in [1.165, 1.54) is 0 Å². The van der Waals surface area contributed by atoms with Crippen LogP contribution in [-0.2, 0) is 14.3 Å². The van der Waals surface area contributed by atoms with Crippen LogP contribution in [0.15, 0.2) is 22.7 Å². The van der Waals surface area contributed by atoms with Gasteiger partial charge in [-0.05, 0) is 40.5 Å². The van der Waals surface area contributed by atoms with E-state index < -0.39 is 0 Å². The molecule has 1 aromatic carbocycles. The molecule has 2 fully saturated rings. The number of ether oxygens (including phenoxy) is 2. The minimum atomic E-state index is -0.382. The van der Waals surface area contributed by atoms with E-state index in [1.54, 1.807) is 0 Å². The number of rotatable bonds is 3. The molecule has 0 radical (unpaired) electrons. The first-order chi connectivity index (χ1) is 10.6. The molecule has 6 heteroatoms. The number of nitrogens with zero attached hydrogens (tertiary/aromatic N) is 1. The monoisotopic (exact) mass is 368 g/mol. The summed E-state index contributed by atoms with van der Waals surface area (Å²) >= 11 is 3.48. The van der Waals surface area contributed by atoms with E-state index in [2.05, 4.69) is 26.1 Å². The van der Waals surface area contributed by atoms with Gasteiger partial charge in [0, 0.05) is 30.4 Å². The molecule has 1 amide bonds.